The molecule has 0 aliphatic carbocycles. The first-order valence-electron chi connectivity index (χ1n) is 7.97. The third-order valence-corrected chi connectivity index (χ3v) is 4.86. The van der Waals surface area contributed by atoms with E-state index in [0.29, 0.717) is 24.5 Å². The maximum Gasteiger partial charge on any atom is 0.315 e. The number of carbonyl (C=O) groups excluding carboxylic acids is 2. The maximum absolute atomic E-state index is 12.1. The summed E-state index contributed by atoms with van der Waals surface area (Å²) in [5.74, 6) is 0.778. The molecule has 4 nitrogen and oxygen atoms in total. The van der Waals surface area contributed by atoms with Gasteiger partial charge in [0.05, 0.1) is 12.9 Å². The van der Waals surface area contributed by atoms with Crippen LogP contribution in [0.25, 0.3) is 10.8 Å². The van der Waals surface area contributed by atoms with E-state index in [-0.39, 0.29) is 11.9 Å². The van der Waals surface area contributed by atoms with E-state index in [1.54, 1.807) is 4.90 Å². The highest BCUT2D eigenvalue weighted by Gasteiger charge is 2.10. The van der Waals surface area contributed by atoms with E-state index in [1.807, 2.05) is 19.2 Å². The number of nitrogens with zero attached hydrogens (tertiary/aromatic N) is 1. The molecule has 2 aromatic rings. The second-order valence-electron chi connectivity index (χ2n) is 5.58. The first-order valence-corrected chi connectivity index (χ1v) is 9.12. The topological polar surface area (TPSA) is 46.6 Å². The van der Waals surface area contributed by atoms with E-state index in [0.717, 1.165) is 6.42 Å². The summed E-state index contributed by atoms with van der Waals surface area (Å²) in [6, 6.07) is 14.6. The molecule has 0 aliphatic rings. The monoisotopic (exact) mass is 345 g/mol. The molecule has 1 amide bonds. The van der Waals surface area contributed by atoms with Gasteiger partial charge in [-0.15, -0.1) is 11.8 Å². The van der Waals surface area contributed by atoms with Gasteiger partial charge >= 0.3 is 5.97 Å². The fourth-order valence-electron chi connectivity index (χ4n) is 2.49. The summed E-state index contributed by atoms with van der Waals surface area (Å²) in [7, 11) is 3.20. The Hall–Kier alpha value is -2.01. The van der Waals surface area contributed by atoms with E-state index in [9.17, 15) is 9.59 Å². The Balaban J connectivity index is 1.80. The predicted octanol–water partition coefficient (Wildman–Crippen LogP) is 3.14. The molecule has 0 bridgehead atoms. The average molecular weight is 345 g/mol. The van der Waals surface area contributed by atoms with E-state index < -0.39 is 0 Å². The number of amides is 1. The largest absolute Gasteiger partial charge is 0.468 e. The van der Waals surface area contributed by atoms with Crippen molar-refractivity contribution >= 4 is 34.4 Å². The number of methoxy groups -OCH3 is 1. The van der Waals surface area contributed by atoms with Gasteiger partial charge in [-0.05, 0) is 22.8 Å². The molecule has 0 unspecified atom stereocenters. The summed E-state index contributed by atoms with van der Waals surface area (Å²) >= 11 is 1.43. The van der Waals surface area contributed by atoms with Gasteiger partial charge in [-0.2, -0.15) is 0 Å². The van der Waals surface area contributed by atoms with Crippen molar-refractivity contribution in [2.45, 2.75) is 12.8 Å². The lowest BCUT2D eigenvalue weighted by atomic mass is 10.0. The van der Waals surface area contributed by atoms with Gasteiger partial charge in [-0.25, -0.2) is 0 Å². The number of benzene rings is 2. The van der Waals surface area contributed by atoms with Crippen LogP contribution in [-0.4, -0.2) is 49.0 Å². The van der Waals surface area contributed by atoms with Crippen LogP contribution >= 0.6 is 11.8 Å². The summed E-state index contributed by atoms with van der Waals surface area (Å²) in [5, 5.41) is 2.47. The predicted molar refractivity (Wildman–Crippen MR) is 99.2 cm³/mol. The minimum absolute atomic E-state index is 0.104. The standard InChI is InChI=1S/C19H23NO3S/c1-20(18(21)11-13-24-14-19(22)23-2)12-10-16-8-5-7-15-6-3-4-9-17(15)16/h3-9H,10-14H2,1-2H3. The van der Waals surface area contributed by atoms with E-state index in [4.69, 9.17) is 0 Å². The highest BCUT2D eigenvalue weighted by molar-refractivity contribution is 7.99. The van der Waals surface area contributed by atoms with Gasteiger partial charge in [0.1, 0.15) is 0 Å². The van der Waals surface area contributed by atoms with Crippen molar-refractivity contribution in [2.24, 2.45) is 0 Å². The minimum Gasteiger partial charge on any atom is -0.468 e. The third kappa shape index (κ3) is 5.27. The normalized spacial score (nSPS) is 10.6. The maximum atomic E-state index is 12.1. The number of fused-ring (bicyclic) bond motifs is 1. The Bertz CT molecular complexity index is 697. The van der Waals surface area contributed by atoms with E-state index in [1.165, 1.54) is 35.2 Å². The van der Waals surface area contributed by atoms with Crippen LogP contribution in [0.1, 0.15) is 12.0 Å². The molecule has 0 aliphatic heterocycles. The molecule has 0 spiro atoms. The van der Waals surface area contributed by atoms with Gasteiger partial charge in [0.25, 0.3) is 0 Å². The molecule has 0 fully saturated rings. The second kappa shape index (κ2) is 9.33. The van der Waals surface area contributed by atoms with Crippen molar-refractivity contribution in [2.75, 3.05) is 32.2 Å². The number of likely N-dealkylation sites (N-methyl/N-ethyl adjacent to an activating group) is 1. The number of esters is 1. The number of thioether (sulfide) groups is 1. The zero-order valence-corrected chi connectivity index (χ0v) is 15.0. The van der Waals surface area contributed by atoms with E-state index in [2.05, 4.69) is 35.1 Å². The number of carbonyl (C=O) groups is 2. The van der Waals surface area contributed by atoms with Crippen LogP contribution in [0.3, 0.4) is 0 Å². The van der Waals surface area contributed by atoms with Crippen LogP contribution in [0.4, 0.5) is 0 Å². The highest BCUT2D eigenvalue weighted by atomic mass is 32.2. The first kappa shape index (κ1) is 18.3. The van der Waals surface area contributed by atoms with Crippen LogP contribution in [0, 0.1) is 0 Å². The van der Waals surface area contributed by atoms with Gasteiger partial charge in [-0.3, -0.25) is 9.59 Å². The molecule has 0 atom stereocenters. The van der Waals surface area contributed by atoms with Crippen molar-refractivity contribution in [1.82, 2.24) is 4.90 Å². The molecule has 0 saturated heterocycles. The summed E-state index contributed by atoms with van der Waals surface area (Å²) < 4.78 is 4.57. The molecule has 0 heterocycles. The smallest absolute Gasteiger partial charge is 0.315 e. The molecule has 24 heavy (non-hydrogen) atoms. The Morgan fingerprint density at radius 1 is 1.12 bits per heavy atom. The molecule has 128 valence electrons. The molecular formula is C19H23NO3S. The quantitative estimate of drug-likeness (QED) is 0.545. The van der Waals surface area contributed by atoms with Crippen molar-refractivity contribution < 1.29 is 14.3 Å². The van der Waals surface area contributed by atoms with Crippen LogP contribution in [0.5, 0.6) is 0 Å². The zero-order chi connectivity index (χ0) is 17.4. The van der Waals surface area contributed by atoms with Crippen molar-refractivity contribution in [3.8, 4) is 0 Å². The lowest BCUT2D eigenvalue weighted by molar-refractivity contribution is -0.137. The number of hydrogen-bond acceptors (Lipinski definition) is 4. The molecular weight excluding hydrogens is 322 g/mol. The molecule has 0 radical (unpaired) electrons. The lowest BCUT2D eigenvalue weighted by Crippen LogP contribution is -2.29. The summed E-state index contributed by atoms with van der Waals surface area (Å²) in [6.07, 6.45) is 1.27. The summed E-state index contributed by atoms with van der Waals surface area (Å²) in [4.78, 5) is 24.9. The van der Waals surface area contributed by atoms with Crippen LogP contribution in [-0.2, 0) is 20.7 Å². The number of hydrogen-bond donors (Lipinski definition) is 0. The highest BCUT2D eigenvalue weighted by Crippen LogP contribution is 2.19. The average Bonchev–Trinajstić information content (AvgIpc) is 2.62. The van der Waals surface area contributed by atoms with Crippen LogP contribution in [0.15, 0.2) is 42.5 Å². The molecule has 0 aromatic heterocycles. The molecule has 0 N–H and O–H groups in total. The molecule has 2 rings (SSSR count). The van der Waals surface area contributed by atoms with Gasteiger partial charge in [-0.1, -0.05) is 42.5 Å². The summed E-state index contributed by atoms with van der Waals surface area (Å²) in [6.45, 7) is 0.689. The Morgan fingerprint density at radius 3 is 2.67 bits per heavy atom. The molecule has 2 aromatic carbocycles. The van der Waals surface area contributed by atoms with E-state index >= 15 is 0 Å². The van der Waals surface area contributed by atoms with Crippen molar-refractivity contribution in [3.05, 3.63) is 48.0 Å². The van der Waals surface area contributed by atoms with Crippen LogP contribution < -0.4 is 0 Å². The zero-order valence-electron chi connectivity index (χ0n) is 14.2. The van der Waals surface area contributed by atoms with Crippen molar-refractivity contribution in [1.29, 1.82) is 0 Å². The lowest BCUT2D eigenvalue weighted by Gasteiger charge is -2.17. The Labute approximate surface area is 147 Å². The first-order chi connectivity index (χ1) is 11.6. The SMILES string of the molecule is COC(=O)CSCCC(=O)N(C)CCc1cccc2ccccc12. The third-order valence-electron chi connectivity index (χ3n) is 3.93. The van der Waals surface area contributed by atoms with Crippen molar-refractivity contribution in [3.63, 3.8) is 0 Å². The van der Waals surface area contributed by atoms with Gasteiger partial charge < -0.3 is 9.64 Å². The Morgan fingerprint density at radius 2 is 1.88 bits per heavy atom. The van der Waals surface area contributed by atoms with Gasteiger partial charge in [0.2, 0.25) is 5.91 Å². The fraction of sp³-hybridized carbons (Fsp3) is 0.368. The number of ether oxygens (including phenoxy) is 1. The fourth-order valence-corrected chi connectivity index (χ4v) is 3.24. The molecule has 5 heteroatoms. The second-order valence-corrected chi connectivity index (χ2v) is 6.69. The van der Waals surface area contributed by atoms with Gasteiger partial charge in [0, 0.05) is 25.8 Å². The minimum atomic E-state index is -0.253. The molecule has 0 saturated carbocycles. The van der Waals surface area contributed by atoms with Crippen LogP contribution in [0.2, 0.25) is 0 Å². The summed E-state index contributed by atoms with van der Waals surface area (Å²) in [5.41, 5.74) is 1.26. The Kier molecular flexibility index (Phi) is 7.12. The van der Waals surface area contributed by atoms with Gasteiger partial charge in [0.15, 0.2) is 0 Å². The number of rotatable bonds is 8.